The molecule has 2 aromatic carbocycles. The van der Waals surface area contributed by atoms with Crippen molar-refractivity contribution in [2.75, 3.05) is 19.1 Å². The zero-order chi connectivity index (χ0) is 19.8. The molecular formula is C21H20ClN3O3. The quantitative estimate of drug-likeness (QED) is 0.676. The summed E-state index contributed by atoms with van der Waals surface area (Å²) in [6, 6.07) is 10.1. The smallest absolute Gasteiger partial charge is 0.261 e. The van der Waals surface area contributed by atoms with Gasteiger partial charge in [0.1, 0.15) is 11.6 Å². The Balaban J connectivity index is 1.76. The second kappa shape index (κ2) is 7.28. The Morgan fingerprint density at radius 3 is 2.82 bits per heavy atom. The zero-order valence-electron chi connectivity index (χ0n) is 15.7. The molecule has 7 heteroatoms. The number of benzene rings is 2. The predicted molar refractivity (Wildman–Crippen MR) is 110 cm³/mol. The molecule has 0 aliphatic carbocycles. The molecular weight excluding hydrogens is 378 g/mol. The van der Waals surface area contributed by atoms with E-state index in [0.717, 1.165) is 25.1 Å². The standard InChI is InChI=1S/C21H20ClN3O3/c1-24(17-12-14(22)7-9-18(17)28-2)20(26)13-6-8-15-16(11-13)23-19-5-3-4-10-25(19)21(15)27/h6-9,11-12H,3-5,10H2,1-2H3. The van der Waals surface area contributed by atoms with Crippen LogP contribution in [0.5, 0.6) is 5.75 Å². The van der Waals surface area contributed by atoms with Crippen LogP contribution in [0.4, 0.5) is 5.69 Å². The van der Waals surface area contributed by atoms with E-state index < -0.39 is 0 Å². The highest BCUT2D eigenvalue weighted by molar-refractivity contribution is 6.31. The Morgan fingerprint density at radius 2 is 2.04 bits per heavy atom. The average Bonchev–Trinajstić information content (AvgIpc) is 2.72. The van der Waals surface area contributed by atoms with Gasteiger partial charge < -0.3 is 9.64 Å². The van der Waals surface area contributed by atoms with Crippen LogP contribution < -0.4 is 15.2 Å². The van der Waals surface area contributed by atoms with Gasteiger partial charge in [0, 0.05) is 30.6 Å². The van der Waals surface area contributed by atoms with E-state index >= 15 is 0 Å². The minimum absolute atomic E-state index is 0.0384. The topological polar surface area (TPSA) is 64.4 Å². The number of nitrogens with zero attached hydrogens (tertiary/aromatic N) is 3. The highest BCUT2D eigenvalue weighted by Gasteiger charge is 2.20. The number of aromatic nitrogens is 2. The number of halogens is 1. The molecule has 3 aromatic rings. The van der Waals surface area contributed by atoms with E-state index in [1.54, 1.807) is 55.1 Å². The van der Waals surface area contributed by atoms with Crippen LogP contribution in [-0.2, 0) is 13.0 Å². The zero-order valence-corrected chi connectivity index (χ0v) is 16.5. The van der Waals surface area contributed by atoms with Gasteiger partial charge in [-0.05, 0) is 49.2 Å². The molecule has 0 atom stereocenters. The molecule has 28 heavy (non-hydrogen) atoms. The monoisotopic (exact) mass is 397 g/mol. The van der Waals surface area contributed by atoms with Gasteiger partial charge in [-0.3, -0.25) is 14.2 Å². The first-order chi connectivity index (χ1) is 13.5. The lowest BCUT2D eigenvalue weighted by atomic mass is 10.1. The lowest BCUT2D eigenvalue weighted by Gasteiger charge is -2.21. The molecule has 1 aromatic heterocycles. The third kappa shape index (κ3) is 3.14. The number of aryl methyl sites for hydroxylation is 1. The molecule has 0 saturated carbocycles. The van der Waals surface area contributed by atoms with E-state index in [-0.39, 0.29) is 11.5 Å². The fourth-order valence-electron chi connectivity index (χ4n) is 3.60. The van der Waals surface area contributed by atoms with Crippen molar-refractivity contribution in [1.29, 1.82) is 0 Å². The molecule has 0 fully saturated rings. The maximum Gasteiger partial charge on any atom is 0.261 e. The second-order valence-corrected chi connectivity index (χ2v) is 7.29. The van der Waals surface area contributed by atoms with Crippen molar-refractivity contribution in [2.45, 2.75) is 25.8 Å². The van der Waals surface area contributed by atoms with Crippen molar-refractivity contribution >= 4 is 34.1 Å². The summed E-state index contributed by atoms with van der Waals surface area (Å²) < 4.78 is 7.09. The van der Waals surface area contributed by atoms with Crippen molar-refractivity contribution < 1.29 is 9.53 Å². The number of hydrogen-bond acceptors (Lipinski definition) is 4. The van der Waals surface area contributed by atoms with Crippen molar-refractivity contribution in [3.8, 4) is 5.75 Å². The van der Waals surface area contributed by atoms with Gasteiger partial charge in [-0.25, -0.2) is 4.98 Å². The number of ether oxygens (including phenoxy) is 1. The molecule has 0 bridgehead atoms. The fourth-order valence-corrected chi connectivity index (χ4v) is 3.77. The first-order valence-electron chi connectivity index (χ1n) is 9.14. The summed E-state index contributed by atoms with van der Waals surface area (Å²) in [4.78, 5) is 31.9. The van der Waals surface area contributed by atoms with Gasteiger partial charge in [0.15, 0.2) is 0 Å². The van der Waals surface area contributed by atoms with Crippen molar-refractivity contribution in [2.24, 2.45) is 0 Å². The van der Waals surface area contributed by atoms with Crippen LogP contribution in [0.2, 0.25) is 5.02 Å². The van der Waals surface area contributed by atoms with Crippen molar-refractivity contribution in [1.82, 2.24) is 9.55 Å². The lowest BCUT2D eigenvalue weighted by Crippen LogP contribution is -2.29. The number of methoxy groups -OCH3 is 1. The van der Waals surface area contributed by atoms with E-state index in [1.165, 1.54) is 4.90 Å². The van der Waals surface area contributed by atoms with E-state index in [1.807, 2.05) is 0 Å². The van der Waals surface area contributed by atoms with Crippen LogP contribution in [0.15, 0.2) is 41.2 Å². The Bertz CT molecular complexity index is 1140. The van der Waals surface area contributed by atoms with Gasteiger partial charge in [-0.1, -0.05) is 11.6 Å². The molecule has 4 rings (SSSR count). The van der Waals surface area contributed by atoms with Gasteiger partial charge in [0.2, 0.25) is 0 Å². The average molecular weight is 398 g/mol. The molecule has 144 valence electrons. The number of carbonyl (C=O) groups is 1. The summed E-state index contributed by atoms with van der Waals surface area (Å²) in [6.45, 7) is 0.703. The van der Waals surface area contributed by atoms with Gasteiger partial charge in [-0.15, -0.1) is 0 Å². The normalized spacial score (nSPS) is 13.2. The number of rotatable bonds is 3. The maximum atomic E-state index is 13.1. The number of hydrogen-bond donors (Lipinski definition) is 0. The molecule has 0 unspecified atom stereocenters. The number of fused-ring (bicyclic) bond motifs is 2. The lowest BCUT2D eigenvalue weighted by molar-refractivity contribution is 0.0992. The first-order valence-corrected chi connectivity index (χ1v) is 9.52. The Hall–Kier alpha value is -2.86. The molecule has 1 amide bonds. The summed E-state index contributed by atoms with van der Waals surface area (Å²) in [5.74, 6) is 1.10. The van der Waals surface area contributed by atoms with E-state index in [9.17, 15) is 9.59 Å². The Kier molecular flexibility index (Phi) is 4.81. The van der Waals surface area contributed by atoms with Gasteiger partial charge in [-0.2, -0.15) is 0 Å². The molecule has 0 saturated heterocycles. The Morgan fingerprint density at radius 1 is 1.21 bits per heavy atom. The minimum atomic E-state index is -0.234. The third-order valence-electron chi connectivity index (χ3n) is 5.12. The molecule has 0 radical (unpaired) electrons. The second-order valence-electron chi connectivity index (χ2n) is 6.85. The number of amides is 1. The summed E-state index contributed by atoms with van der Waals surface area (Å²) in [6.07, 6.45) is 2.79. The van der Waals surface area contributed by atoms with Crippen LogP contribution in [-0.4, -0.2) is 29.6 Å². The molecule has 2 heterocycles. The Labute approximate surface area is 167 Å². The predicted octanol–water partition coefficient (Wildman–Crippen LogP) is 3.67. The van der Waals surface area contributed by atoms with E-state index in [4.69, 9.17) is 16.3 Å². The van der Waals surface area contributed by atoms with E-state index in [2.05, 4.69) is 4.98 Å². The molecule has 1 aliphatic heterocycles. The van der Waals surface area contributed by atoms with Crippen LogP contribution in [0.25, 0.3) is 10.9 Å². The van der Waals surface area contributed by atoms with E-state index in [0.29, 0.717) is 39.5 Å². The van der Waals surface area contributed by atoms with Crippen LogP contribution >= 0.6 is 11.6 Å². The highest BCUT2D eigenvalue weighted by Crippen LogP contribution is 2.31. The van der Waals surface area contributed by atoms with Crippen LogP contribution in [0.1, 0.15) is 29.0 Å². The number of anilines is 1. The van der Waals surface area contributed by atoms with Crippen molar-refractivity contribution in [3.63, 3.8) is 0 Å². The third-order valence-corrected chi connectivity index (χ3v) is 5.36. The van der Waals surface area contributed by atoms with Gasteiger partial charge in [0.05, 0.1) is 23.7 Å². The van der Waals surface area contributed by atoms with Crippen molar-refractivity contribution in [3.05, 3.63) is 63.2 Å². The summed E-state index contributed by atoms with van der Waals surface area (Å²) in [5, 5.41) is 1.04. The first kappa shape index (κ1) is 18.5. The summed E-state index contributed by atoms with van der Waals surface area (Å²) >= 11 is 6.09. The van der Waals surface area contributed by atoms with Crippen LogP contribution in [0.3, 0.4) is 0 Å². The SMILES string of the molecule is COc1ccc(Cl)cc1N(C)C(=O)c1ccc2c(=O)n3c(nc2c1)CCCC3. The molecule has 6 nitrogen and oxygen atoms in total. The highest BCUT2D eigenvalue weighted by atomic mass is 35.5. The van der Waals surface area contributed by atoms with Gasteiger partial charge in [0.25, 0.3) is 11.5 Å². The molecule has 0 N–H and O–H groups in total. The fraction of sp³-hybridized carbons (Fsp3) is 0.286. The molecule has 0 spiro atoms. The maximum absolute atomic E-state index is 13.1. The minimum Gasteiger partial charge on any atom is -0.495 e. The van der Waals surface area contributed by atoms with Gasteiger partial charge >= 0.3 is 0 Å². The van der Waals surface area contributed by atoms with Crippen LogP contribution in [0, 0.1) is 0 Å². The summed E-state index contributed by atoms with van der Waals surface area (Å²) in [5.41, 5.74) is 1.53. The molecule has 1 aliphatic rings. The largest absolute Gasteiger partial charge is 0.495 e. The summed E-state index contributed by atoms with van der Waals surface area (Å²) in [7, 11) is 3.21. The number of carbonyl (C=O) groups excluding carboxylic acids is 1.